The van der Waals surface area contributed by atoms with Gasteiger partial charge in [-0.1, -0.05) is 64.7 Å². The highest BCUT2D eigenvalue weighted by molar-refractivity contribution is 7.39. The van der Waals surface area contributed by atoms with Crippen LogP contribution >= 0.6 is 34.0 Å². The lowest BCUT2D eigenvalue weighted by molar-refractivity contribution is -0.786. The largest absolute Gasteiger partial charge is 0.507 e. The van der Waals surface area contributed by atoms with Gasteiger partial charge in [-0.25, -0.2) is 0 Å². The third-order valence-electron chi connectivity index (χ3n) is 7.56. The molecule has 0 atom stereocenters. The van der Waals surface area contributed by atoms with E-state index in [1.165, 1.54) is 49.9 Å². The van der Waals surface area contributed by atoms with Crippen LogP contribution in [-0.2, 0) is 0 Å². The zero-order valence-electron chi connectivity index (χ0n) is 17.5. The summed E-state index contributed by atoms with van der Waals surface area (Å²) < 4.78 is 4.19. The smallest absolute Gasteiger partial charge is 0.310 e. The van der Waals surface area contributed by atoms with Crippen molar-refractivity contribution in [1.29, 1.82) is 0 Å². The molecule has 5 heteroatoms. The fraction of sp³-hybridized carbons (Fsp3) is 0.417. The molecule has 0 amide bonds. The van der Waals surface area contributed by atoms with E-state index in [4.69, 9.17) is 0 Å². The summed E-state index contributed by atoms with van der Waals surface area (Å²) >= 11 is 5.89. The Kier molecular flexibility index (Phi) is 5.36. The standard InChI is InChI=1S/C24H30BNS3/c1-26(2)15-14-20(19-9-4-3-5-10-19)24(21-11-6-16-27-21)25(26,22-12-7-17-28-22)23-13-8-18-29-23/h6-8,11-13,16-19H,3-5,9-10,14-15H2,1-2H3. The molecule has 1 saturated carbocycles. The minimum Gasteiger partial charge on any atom is -0.507 e. The molecule has 0 N–H and O–H groups in total. The molecule has 0 radical (unpaired) electrons. The molecule has 1 aliphatic carbocycles. The monoisotopic (exact) mass is 439 g/mol. The number of rotatable bonds is 4. The maximum absolute atomic E-state index is 2.49. The Morgan fingerprint density at radius 1 is 0.828 bits per heavy atom. The number of hydrogen-bond donors (Lipinski definition) is 0. The Hall–Kier alpha value is -1.14. The van der Waals surface area contributed by atoms with E-state index < -0.39 is 6.28 Å². The van der Waals surface area contributed by atoms with Crippen LogP contribution in [0.25, 0.3) is 5.47 Å². The summed E-state index contributed by atoms with van der Waals surface area (Å²) in [4.78, 5) is 1.51. The first-order chi connectivity index (χ1) is 14.1. The van der Waals surface area contributed by atoms with Crippen molar-refractivity contribution in [2.45, 2.75) is 38.5 Å². The van der Waals surface area contributed by atoms with Gasteiger partial charge in [0.15, 0.2) is 0 Å². The minimum atomic E-state index is -1.03. The molecule has 1 nitrogen and oxygen atoms in total. The van der Waals surface area contributed by atoms with Crippen LogP contribution in [0.15, 0.2) is 58.1 Å². The number of nitrogens with zero attached hydrogens (tertiary/aromatic N) is 1. The minimum absolute atomic E-state index is 0.780. The zero-order valence-corrected chi connectivity index (χ0v) is 19.9. The molecule has 0 spiro atoms. The molecule has 0 unspecified atom stereocenters. The van der Waals surface area contributed by atoms with E-state index in [1.807, 2.05) is 34.0 Å². The van der Waals surface area contributed by atoms with Crippen LogP contribution in [0.1, 0.15) is 43.4 Å². The highest BCUT2D eigenvalue weighted by Crippen LogP contribution is 2.47. The normalized spacial score (nSPS) is 22.1. The van der Waals surface area contributed by atoms with Crippen molar-refractivity contribution < 1.29 is 4.39 Å². The summed E-state index contributed by atoms with van der Waals surface area (Å²) in [5.41, 5.74) is 3.50. The van der Waals surface area contributed by atoms with Crippen LogP contribution in [0.5, 0.6) is 0 Å². The van der Waals surface area contributed by atoms with E-state index in [0.29, 0.717) is 0 Å². The van der Waals surface area contributed by atoms with Gasteiger partial charge in [-0.05, 0) is 45.8 Å². The first-order valence-corrected chi connectivity index (χ1v) is 13.6. The van der Waals surface area contributed by atoms with E-state index in [1.54, 1.807) is 20.6 Å². The molecular formula is C24H30BNS3. The van der Waals surface area contributed by atoms with Crippen molar-refractivity contribution >= 4 is 55.3 Å². The second kappa shape index (κ2) is 7.84. The predicted molar refractivity (Wildman–Crippen MR) is 133 cm³/mol. The topological polar surface area (TPSA) is 0 Å². The Balaban J connectivity index is 1.86. The SMILES string of the molecule is C[N+]1(C)CCC(C2CCCCC2)=C(c2cccs2)[B-]1(c1cccs1)c1cccs1. The second-order valence-electron chi connectivity index (χ2n) is 9.35. The van der Waals surface area contributed by atoms with E-state index >= 15 is 0 Å². The molecule has 1 fully saturated rings. The lowest BCUT2D eigenvalue weighted by Crippen LogP contribution is -2.78. The first-order valence-electron chi connectivity index (χ1n) is 11.0. The van der Waals surface area contributed by atoms with Gasteiger partial charge in [-0.3, -0.25) is 0 Å². The number of thiophene rings is 3. The summed E-state index contributed by atoms with van der Waals surface area (Å²) in [6, 6.07) is 14.0. The number of quaternary nitrogens is 1. The lowest BCUT2D eigenvalue weighted by Gasteiger charge is -2.60. The Morgan fingerprint density at radius 3 is 2.00 bits per heavy atom. The molecule has 5 rings (SSSR count). The fourth-order valence-electron chi connectivity index (χ4n) is 6.20. The van der Waals surface area contributed by atoms with E-state index in [9.17, 15) is 0 Å². The molecule has 2 aliphatic rings. The predicted octanol–water partition coefficient (Wildman–Crippen LogP) is 5.98. The average Bonchev–Trinajstić information content (AvgIpc) is 3.51. The molecule has 0 bridgehead atoms. The maximum atomic E-state index is 2.49. The summed E-state index contributed by atoms with van der Waals surface area (Å²) in [7, 11) is 4.98. The Labute approximate surface area is 187 Å². The van der Waals surface area contributed by atoms with Gasteiger partial charge >= 0.3 is 6.28 Å². The fourth-order valence-corrected chi connectivity index (χ4v) is 9.56. The quantitative estimate of drug-likeness (QED) is 0.439. The third kappa shape index (κ3) is 3.13. The van der Waals surface area contributed by atoms with Gasteiger partial charge in [0.05, 0.1) is 0 Å². The summed E-state index contributed by atoms with van der Waals surface area (Å²) in [5, 5.41) is 6.85. The summed E-state index contributed by atoms with van der Waals surface area (Å²) in [6.45, 7) is 1.23. The van der Waals surface area contributed by atoms with Gasteiger partial charge in [0.1, 0.15) is 0 Å². The van der Waals surface area contributed by atoms with Crippen molar-refractivity contribution in [3.63, 3.8) is 0 Å². The van der Waals surface area contributed by atoms with Crippen molar-refractivity contribution in [3.8, 4) is 0 Å². The van der Waals surface area contributed by atoms with Crippen LogP contribution in [0.2, 0.25) is 0 Å². The van der Waals surface area contributed by atoms with Crippen molar-refractivity contribution in [1.82, 2.24) is 0 Å². The van der Waals surface area contributed by atoms with Gasteiger partial charge in [-0.2, -0.15) is 22.7 Å². The molecule has 29 heavy (non-hydrogen) atoms. The molecule has 4 heterocycles. The van der Waals surface area contributed by atoms with Gasteiger partial charge in [0, 0.05) is 27.1 Å². The van der Waals surface area contributed by atoms with Crippen LogP contribution in [-0.4, -0.2) is 31.3 Å². The highest BCUT2D eigenvalue weighted by Gasteiger charge is 2.53. The summed E-state index contributed by atoms with van der Waals surface area (Å²) in [6.07, 6.45) is 7.23. The first kappa shape index (κ1) is 19.8. The number of hydrogen-bond acceptors (Lipinski definition) is 3. The molecule has 3 aromatic rings. The van der Waals surface area contributed by atoms with Crippen LogP contribution in [0, 0.1) is 5.92 Å². The van der Waals surface area contributed by atoms with Crippen LogP contribution < -0.4 is 9.55 Å². The summed E-state index contributed by atoms with van der Waals surface area (Å²) in [5.74, 6) is 0.780. The highest BCUT2D eigenvalue weighted by atomic mass is 32.1. The van der Waals surface area contributed by atoms with E-state index in [-0.39, 0.29) is 0 Å². The molecule has 3 aromatic heterocycles. The van der Waals surface area contributed by atoms with E-state index in [0.717, 1.165) is 10.3 Å². The molecule has 152 valence electrons. The molecule has 1 aliphatic heterocycles. The van der Waals surface area contributed by atoms with Crippen LogP contribution in [0.3, 0.4) is 0 Å². The van der Waals surface area contributed by atoms with Crippen molar-refractivity contribution in [2.24, 2.45) is 5.92 Å². The van der Waals surface area contributed by atoms with Gasteiger partial charge < -0.3 is 4.39 Å². The third-order valence-corrected chi connectivity index (χ3v) is 10.6. The van der Waals surface area contributed by atoms with Crippen LogP contribution in [0.4, 0.5) is 0 Å². The molecular weight excluding hydrogens is 409 g/mol. The lowest BCUT2D eigenvalue weighted by atomic mass is 9.24. The zero-order chi connectivity index (χ0) is 19.9. The molecule has 0 saturated heterocycles. The second-order valence-corrected chi connectivity index (χ2v) is 12.3. The maximum Gasteiger partial charge on any atom is 0.310 e. The van der Waals surface area contributed by atoms with Gasteiger partial charge in [-0.15, -0.1) is 16.8 Å². The average molecular weight is 440 g/mol. The van der Waals surface area contributed by atoms with Crippen molar-refractivity contribution in [2.75, 3.05) is 20.6 Å². The van der Waals surface area contributed by atoms with Gasteiger partial charge in [0.25, 0.3) is 0 Å². The molecule has 0 aromatic carbocycles. The van der Waals surface area contributed by atoms with E-state index in [2.05, 4.69) is 66.6 Å². The van der Waals surface area contributed by atoms with Gasteiger partial charge in [0.2, 0.25) is 0 Å². The Morgan fingerprint density at radius 2 is 1.45 bits per heavy atom. The Bertz CT molecular complexity index is 927. The van der Waals surface area contributed by atoms with Crippen molar-refractivity contribution in [3.05, 3.63) is 63.0 Å².